The molecule has 0 radical (unpaired) electrons. The van der Waals surface area contributed by atoms with Gasteiger partial charge in [0, 0.05) is 72.5 Å². The summed E-state index contributed by atoms with van der Waals surface area (Å²) < 4.78 is 0. The number of nitrogens with one attached hydrogen (secondary N) is 7. The molecule has 6 aromatic heterocycles. The van der Waals surface area contributed by atoms with Crippen molar-refractivity contribution < 1.29 is 48.3 Å². The number of rotatable bonds is 9. The molecule has 0 bridgehead atoms. The molecule has 6 atom stereocenters. The van der Waals surface area contributed by atoms with Gasteiger partial charge in [-0.3, -0.25) is 67.7 Å². The molecule has 0 spiro atoms. The number of carboxylic acid groups (broad SMARTS) is 1. The maximum absolute atomic E-state index is 13.1. The number of nitrogens with two attached hydrogens (primary N) is 3. The standard InChI is InChI=1S/2C23H23N5O4.C15H18N2O.C8H7N3O4.CH4/c2*1-13-2-6-19(15-3-5-18-14(8-15)4-7-20(29)27-18)28(12-13)23(32)22(31)26-17-9-16(21(24)30)10-25-11-17;1-10-2-5-13(16-9-10)11-3-6-14-12(8-11)4-7-15(18)17-14;9-6(12)4-1-5(3-10-2-4)11-7(13)8(14)15;/h2*3-5,7-11,13,19H,2,6,12H2,1H3,(H2,24,30)(H,26,31)(H,27,29);3-4,6-8,10,13,16H,2,5,9H2,1H3,(H,17,18);1-3H,(H2,9,12)(H,11,13)(H,14,15);1H4/t2*13-,19+;10-,13+;;/m100../s1. The number of nitrogens with zero attached hydrogens (tertiary/aromatic N) is 5. The van der Waals surface area contributed by atoms with Crippen molar-refractivity contribution in [1.29, 1.82) is 0 Å². The molecule has 508 valence electrons. The molecule has 28 nitrogen and oxygen atoms in total. The number of carboxylic acids is 1. The maximum Gasteiger partial charge on any atom is 0.394 e. The van der Waals surface area contributed by atoms with Gasteiger partial charge in [-0.1, -0.05) is 46.4 Å². The van der Waals surface area contributed by atoms with Gasteiger partial charge in [0.15, 0.2) is 0 Å². The van der Waals surface area contributed by atoms with Crippen LogP contribution < -0.4 is 55.1 Å². The Hall–Kier alpha value is -12.1. The van der Waals surface area contributed by atoms with Gasteiger partial charge < -0.3 is 68.3 Å². The number of aromatic amines is 3. The van der Waals surface area contributed by atoms with E-state index < -0.39 is 53.2 Å². The first kappa shape index (κ1) is 71.8. The van der Waals surface area contributed by atoms with E-state index in [1.54, 1.807) is 28.0 Å². The second-order valence-corrected chi connectivity index (χ2v) is 24.1. The minimum absolute atomic E-state index is 0. The van der Waals surface area contributed by atoms with Gasteiger partial charge in [0.2, 0.25) is 34.4 Å². The molecule has 98 heavy (non-hydrogen) atoms. The van der Waals surface area contributed by atoms with Gasteiger partial charge >= 0.3 is 35.5 Å². The fraction of sp³-hybridized carbons (Fsp3) is 0.271. The van der Waals surface area contributed by atoms with E-state index in [9.17, 15) is 57.5 Å². The first-order chi connectivity index (χ1) is 46.3. The van der Waals surface area contributed by atoms with E-state index in [1.165, 1.54) is 85.9 Å². The predicted octanol–water partition coefficient (Wildman–Crippen LogP) is 6.35. The number of hydrogen-bond donors (Lipinski definition) is 11. The highest BCUT2D eigenvalue weighted by molar-refractivity contribution is 6.40. The first-order valence-electron chi connectivity index (χ1n) is 31.0. The van der Waals surface area contributed by atoms with E-state index in [1.807, 2.05) is 67.7 Å². The Morgan fingerprint density at radius 3 is 1.13 bits per heavy atom. The van der Waals surface area contributed by atoms with Crippen LogP contribution in [0.25, 0.3) is 32.7 Å². The van der Waals surface area contributed by atoms with Crippen LogP contribution in [0.2, 0.25) is 0 Å². The summed E-state index contributed by atoms with van der Waals surface area (Å²) in [5, 5.41) is 21.8. The highest BCUT2D eigenvalue weighted by Crippen LogP contribution is 2.37. The number of carbonyl (C=O) groups excluding carboxylic acids is 8. The second kappa shape index (κ2) is 32.4. The van der Waals surface area contributed by atoms with Crippen LogP contribution in [-0.4, -0.2) is 118 Å². The number of carbonyl (C=O) groups is 9. The third-order valence-electron chi connectivity index (χ3n) is 16.7. The lowest BCUT2D eigenvalue weighted by molar-refractivity contribution is -0.147. The summed E-state index contributed by atoms with van der Waals surface area (Å²) in [6, 6.07) is 31.3. The molecule has 0 aliphatic carbocycles. The summed E-state index contributed by atoms with van der Waals surface area (Å²) in [7, 11) is 0. The number of benzene rings is 3. The number of fused-ring (bicyclic) bond motifs is 3. The zero-order valence-electron chi connectivity index (χ0n) is 53.0. The summed E-state index contributed by atoms with van der Waals surface area (Å²) in [6.07, 6.45) is 13.4. The van der Waals surface area contributed by atoms with E-state index in [0.29, 0.717) is 43.0 Å². The van der Waals surface area contributed by atoms with Gasteiger partial charge in [-0.25, -0.2) is 4.79 Å². The van der Waals surface area contributed by atoms with Crippen LogP contribution in [0.3, 0.4) is 0 Å². The monoisotopic (exact) mass is 1330 g/mol. The zero-order valence-corrected chi connectivity index (χ0v) is 53.0. The van der Waals surface area contributed by atoms with Crippen molar-refractivity contribution in [1.82, 2.24) is 45.0 Å². The minimum atomic E-state index is -1.63. The number of aliphatic carboxylic acids is 1. The van der Waals surface area contributed by atoms with E-state index in [0.717, 1.165) is 58.1 Å². The van der Waals surface area contributed by atoms with Crippen molar-refractivity contribution in [2.24, 2.45) is 35.0 Å². The van der Waals surface area contributed by atoms with Crippen molar-refractivity contribution in [3.8, 4) is 0 Å². The number of aromatic nitrogens is 6. The van der Waals surface area contributed by atoms with Gasteiger partial charge in [0.25, 0.3) is 0 Å². The molecule has 12 rings (SSSR count). The zero-order chi connectivity index (χ0) is 69.6. The van der Waals surface area contributed by atoms with Gasteiger partial charge in [-0.15, -0.1) is 0 Å². The fourth-order valence-electron chi connectivity index (χ4n) is 11.6. The van der Waals surface area contributed by atoms with Crippen LogP contribution in [0.4, 0.5) is 17.1 Å². The van der Waals surface area contributed by atoms with Crippen LogP contribution in [0.15, 0.2) is 161 Å². The number of anilines is 3. The van der Waals surface area contributed by atoms with Crippen LogP contribution in [0, 0.1) is 17.8 Å². The molecule has 8 amide bonds. The first-order valence-corrected chi connectivity index (χ1v) is 31.0. The molecule has 0 unspecified atom stereocenters. The third-order valence-corrected chi connectivity index (χ3v) is 16.7. The van der Waals surface area contributed by atoms with Crippen molar-refractivity contribution in [3.05, 3.63) is 211 Å². The molecule has 3 aliphatic rings. The highest BCUT2D eigenvalue weighted by Gasteiger charge is 2.36. The molecule has 9 heterocycles. The average molecular weight is 1330 g/mol. The quantitative estimate of drug-likeness (QED) is 0.0701. The minimum Gasteiger partial charge on any atom is -0.474 e. The van der Waals surface area contributed by atoms with Crippen LogP contribution in [-0.2, 0) is 28.8 Å². The smallest absolute Gasteiger partial charge is 0.394 e. The Bertz CT molecular complexity index is 4500. The molecular weight excluding hydrogens is 1260 g/mol. The summed E-state index contributed by atoms with van der Waals surface area (Å²) in [6.45, 7) is 8.35. The van der Waals surface area contributed by atoms with Gasteiger partial charge in [0.05, 0.1) is 64.4 Å². The normalized spacial score (nSPS) is 17.9. The SMILES string of the molecule is C.C[C@@H]1CC[C@@H](c2ccc3[nH]c(=O)ccc3c2)N(C(=O)C(=O)Nc2cncc(C(N)=O)c2)C1.C[C@H]1CC[C@H](c2ccc3[nH]c(=O)ccc3c2)N(C(=O)C(=O)Nc2cncc(C(N)=O)c2)C1.C[C@H]1CC[C@H](c2ccc3[nH]c(=O)ccc3c2)NC1.NC(=O)c1cncc(NC(=O)C(=O)O)c1. The fourth-order valence-corrected chi connectivity index (χ4v) is 11.6. The molecule has 0 saturated carbocycles. The van der Waals surface area contributed by atoms with Gasteiger partial charge in [0.1, 0.15) is 0 Å². The molecule has 14 N–H and O–H groups in total. The lowest BCUT2D eigenvalue weighted by Gasteiger charge is -2.38. The molecule has 3 aliphatic heterocycles. The van der Waals surface area contributed by atoms with E-state index >= 15 is 0 Å². The molecular formula is C70H75N15O13. The lowest BCUT2D eigenvalue weighted by Crippen LogP contribution is -2.46. The summed E-state index contributed by atoms with van der Waals surface area (Å²) >= 11 is 0. The number of primary amides is 3. The number of likely N-dealkylation sites (tertiary alicyclic amines) is 2. The molecule has 3 fully saturated rings. The van der Waals surface area contributed by atoms with E-state index in [4.69, 9.17) is 22.3 Å². The van der Waals surface area contributed by atoms with Crippen LogP contribution in [0.1, 0.15) is 133 Å². The van der Waals surface area contributed by atoms with Crippen molar-refractivity contribution in [3.63, 3.8) is 0 Å². The Labute approximate surface area is 560 Å². The van der Waals surface area contributed by atoms with Gasteiger partial charge in [-0.05, 0) is 168 Å². The summed E-state index contributed by atoms with van der Waals surface area (Å²) in [4.78, 5) is 163. The van der Waals surface area contributed by atoms with Crippen molar-refractivity contribution in [2.75, 3.05) is 35.6 Å². The molecule has 3 saturated heterocycles. The third kappa shape index (κ3) is 18.6. The second-order valence-electron chi connectivity index (χ2n) is 24.1. The van der Waals surface area contributed by atoms with Gasteiger partial charge in [-0.2, -0.15) is 0 Å². The van der Waals surface area contributed by atoms with Crippen molar-refractivity contribution in [2.45, 2.75) is 84.8 Å². The van der Waals surface area contributed by atoms with E-state index in [-0.39, 0.29) is 81.8 Å². The average Bonchev–Trinajstić information content (AvgIpc) is 0.798. The Kier molecular flexibility index (Phi) is 23.7. The number of hydrogen-bond acceptors (Lipinski definition) is 16. The van der Waals surface area contributed by atoms with E-state index in [2.05, 4.69) is 64.9 Å². The largest absolute Gasteiger partial charge is 0.474 e. The Balaban J connectivity index is 0.000000174. The number of pyridine rings is 6. The number of piperidine rings is 3. The number of amides is 8. The Morgan fingerprint density at radius 1 is 0.439 bits per heavy atom. The van der Waals surface area contributed by atoms with Crippen molar-refractivity contribution >= 4 is 103 Å². The summed E-state index contributed by atoms with van der Waals surface area (Å²) in [5.74, 6) is -6.57. The van der Waals surface area contributed by atoms with Crippen LogP contribution >= 0.6 is 0 Å². The molecule has 3 aromatic carbocycles. The lowest BCUT2D eigenvalue weighted by atomic mass is 9.89. The molecule has 28 heteroatoms. The van der Waals surface area contributed by atoms with Crippen LogP contribution in [0.5, 0.6) is 0 Å². The maximum atomic E-state index is 13.1. The number of H-pyrrole nitrogens is 3. The molecule has 9 aromatic rings. The highest BCUT2D eigenvalue weighted by atomic mass is 16.4. The Morgan fingerprint density at radius 2 is 0.786 bits per heavy atom. The topological polar surface area (TPSA) is 444 Å². The summed E-state index contributed by atoms with van der Waals surface area (Å²) in [5.41, 5.74) is 21.4. The predicted molar refractivity (Wildman–Crippen MR) is 367 cm³/mol.